The fourth-order valence-corrected chi connectivity index (χ4v) is 2.06. The highest BCUT2D eigenvalue weighted by Gasteiger charge is 2.17. The molecule has 0 atom stereocenters. The Morgan fingerprint density at radius 2 is 2.15 bits per heavy atom. The second-order valence-electron chi connectivity index (χ2n) is 3.58. The van der Waals surface area contributed by atoms with E-state index in [1.54, 1.807) is 0 Å². The monoisotopic (exact) mass is 196 g/mol. The number of nitrogen functional groups attached to an aromatic ring is 1. The average molecular weight is 197 g/mol. The molecule has 0 aromatic heterocycles. The summed E-state index contributed by atoms with van der Waals surface area (Å²) in [4.78, 5) is 2.26. The highest BCUT2D eigenvalue weighted by atomic mass is 35.5. The third-order valence-electron chi connectivity index (χ3n) is 2.58. The molecule has 13 heavy (non-hydrogen) atoms. The van der Waals surface area contributed by atoms with Crippen molar-refractivity contribution < 1.29 is 0 Å². The van der Waals surface area contributed by atoms with Gasteiger partial charge in [-0.05, 0) is 36.7 Å². The maximum absolute atomic E-state index is 6.09. The van der Waals surface area contributed by atoms with Gasteiger partial charge < -0.3 is 10.6 Å². The normalized spacial score (nSPS) is 17.1. The highest BCUT2D eigenvalue weighted by molar-refractivity contribution is 6.31. The molecule has 70 valence electrons. The summed E-state index contributed by atoms with van der Waals surface area (Å²) in [5.74, 6) is 0. The molecule has 3 heteroatoms. The van der Waals surface area contributed by atoms with Gasteiger partial charge in [0.05, 0.1) is 0 Å². The SMILES string of the molecule is CN1CCc2c(Cl)ccc(N)c2C1. The second kappa shape index (κ2) is 3.20. The molecule has 2 nitrogen and oxygen atoms in total. The van der Waals surface area contributed by atoms with E-state index >= 15 is 0 Å². The van der Waals surface area contributed by atoms with E-state index in [1.165, 1.54) is 11.1 Å². The molecule has 2 N–H and O–H groups in total. The zero-order chi connectivity index (χ0) is 9.42. The molecule has 1 aromatic rings. The molecule has 0 saturated carbocycles. The van der Waals surface area contributed by atoms with Gasteiger partial charge in [0.1, 0.15) is 0 Å². The van der Waals surface area contributed by atoms with Crippen LogP contribution < -0.4 is 5.73 Å². The Morgan fingerprint density at radius 3 is 2.92 bits per heavy atom. The first-order chi connectivity index (χ1) is 6.18. The van der Waals surface area contributed by atoms with E-state index in [0.29, 0.717) is 0 Å². The second-order valence-corrected chi connectivity index (χ2v) is 3.99. The van der Waals surface area contributed by atoms with Gasteiger partial charge in [0.15, 0.2) is 0 Å². The standard InChI is InChI=1S/C10H13ClN2/c1-13-5-4-7-8(6-13)10(12)3-2-9(7)11/h2-3H,4-6,12H2,1H3. The van der Waals surface area contributed by atoms with E-state index in [1.807, 2.05) is 12.1 Å². The van der Waals surface area contributed by atoms with Crippen LogP contribution in [0.2, 0.25) is 5.02 Å². The van der Waals surface area contributed by atoms with Crippen LogP contribution in [0.5, 0.6) is 0 Å². The highest BCUT2D eigenvalue weighted by Crippen LogP contribution is 2.29. The number of benzene rings is 1. The van der Waals surface area contributed by atoms with Crippen LogP contribution in [0.1, 0.15) is 11.1 Å². The topological polar surface area (TPSA) is 29.3 Å². The van der Waals surface area contributed by atoms with Gasteiger partial charge in [0, 0.05) is 23.8 Å². The number of nitrogens with zero attached hydrogens (tertiary/aromatic N) is 1. The number of halogens is 1. The van der Waals surface area contributed by atoms with Crippen LogP contribution in [-0.2, 0) is 13.0 Å². The van der Waals surface area contributed by atoms with Gasteiger partial charge in [-0.2, -0.15) is 0 Å². The van der Waals surface area contributed by atoms with E-state index in [4.69, 9.17) is 17.3 Å². The maximum atomic E-state index is 6.09. The molecule has 0 unspecified atom stereocenters. The van der Waals surface area contributed by atoms with Crippen molar-refractivity contribution in [3.8, 4) is 0 Å². The van der Waals surface area contributed by atoms with Crippen LogP contribution in [0.4, 0.5) is 5.69 Å². The van der Waals surface area contributed by atoms with Crippen molar-refractivity contribution in [1.29, 1.82) is 0 Å². The molecular formula is C10H13ClN2. The molecule has 0 spiro atoms. The van der Waals surface area contributed by atoms with Gasteiger partial charge in [-0.15, -0.1) is 0 Å². The van der Waals surface area contributed by atoms with Crippen molar-refractivity contribution in [3.05, 3.63) is 28.3 Å². The number of fused-ring (bicyclic) bond motifs is 1. The Hall–Kier alpha value is -0.730. The number of likely N-dealkylation sites (N-methyl/N-ethyl adjacent to an activating group) is 1. The Morgan fingerprint density at radius 1 is 1.38 bits per heavy atom. The summed E-state index contributed by atoms with van der Waals surface area (Å²) < 4.78 is 0. The van der Waals surface area contributed by atoms with Crippen molar-refractivity contribution >= 4 is 17.3 Å². The minimum Gasteiger partial charge on any atom is -0.398 e. The lowest BCUT2D eigenvalue weighted by Gasteiger charge is -2.26. The third kappa shape index (κ3) is 1.52. The molecule has 1 aliphatic heterocycles. The molecule has 0 amide bonds. The van der Waals surface area contributed by atoms with Crippen molar-refractivity contribution in [2.45, 2.75) is 13.0 Å². The predicted molar refractivity (Wildman–Crippen MR) is 55.9 cm³/mol. The fraction of sp³-hybridized carbons (Fsp3) is 0.400. The van der Waals surface area contributed by atoms with E-state index < -0.39 is 0 Å². The van der Waals surface area contributed by atoms with Gasteiger partial charge in [0.2, 0.25) is 0 Å². The number of hydrogen-bond donors (Lipinski definition) is 1. The van der Waals surface area contributed by atoms with Gasteiger partial charge in [-0.3, -0.25) is 0 Å². The number of rotatable bonds is 0. The quantitative estimate of drug-likeness (QED) is 0.643. The minimum atomic E-state index is 0.859. The van der Waals surface area contributed by atoms with Gasteiger partial charge in [0.25, 0.3) is 0 Å². The number of anilines is 1. The van der Waals surface area contributed by atoms with E-state index in [2.05, 4.69) is 11.9 Å². The van der Waals surface area contributed by atoms with Crippen molar-refractivity contribution in [1.82, 2.24) is 4.90 Å². The van der Waals surface area contributed by atoms with E-state index in [-0.39, 0.29) is 0 Å². The number of nitrogens with two attached hydrogens (primary N) is 1. The van der Waals surface area contributed by atoms with Crippen LogP contribution >= 0.6 is 11.6 Å². The predicted octanol–water partition coefficient (Wildman–Crippen LogP) is 1.91. The summed E-state index contributed by atoms with van der Waals surface area (Å²) in [6.07, 6.45) is 1.01. The van der Waals surface area contributed by atoms with Crippen LogP contribution in [0, 0.1) is 0 Å². The molecule has 0 fully saturated rings. The summed E-state index contributed by atoms with van der Waals surface area (Å²) in [7, 11) is 2.10. The molecular weight excluding hydrogens is 184 g/mol. The van der Waals surface area contributed by atoms with Gasteiger partial charge in [-0.1, -0.05) is 11.6 Å². The van der Waals surface area contributed by atoms with E-state index in [9.17, 15) is 0 Å². The van der Waals surface area contributed by atoms with Crippen LogP contribution in [0.25, 0.3) is 0 Å². The molecule has 0 radical (unpaired) electrons. The fourth-order valence-electron chi connectivity index (χ4n) is 1.79. The van der Waals surface area contributed by atoms with Gasteiger partial charge >= 0.3 is 0 Å². The van der Waals surface area contributed by atoms with Crippen molar-refractivity contribution in [2.24, 2.45) is 0 Å². The lowest BCUT2D eigenvalue weighted by molar-refractivity contribution is 0.313. The summed E-state index contributed by atoms with van der Waals surface area (Å²) in [6, 6.07) is 3.78. The summed E-state index contributed by atoms with van der Waals surface area (Å²) in [5.41, 5.74) is 9.20. The first-order valence-electron chi connectivity index (χ1n) is 4.43. The molecule has 1 aromatic carbocycles. The molecule has 0 saturated heterocycles. The van der Waals surface area contributed by atoms with E-state index in [0.717, 1.165) is 30.2 Å². The minimum absolute atomic E-state index is 0.859. The Bertz CT molecular complexity index is 336. The Kier molecular flexibility index (Phi) is 2.18. The average Bonchev–Trinajstić information content (AvgIpc) is 2.12. The summed E-state index contributed by atoms with van der Waals surface area (Å²) in [6.45, 7) is 1.98. The maximum Gasteiger partial charge on any atom is 0.0443 e. The van der Waals surface area contributed by atoms with Gasteiger partial charge in [-0.25, -0.2) is 0 Å². The third-order valence-corrected chi connectivity index (χ3v) is 2.94. The largest absolute Gasteiger partial charge is 0.398 e. The molecule has 1 heterocycles. The summed E-state index contributed by atoms with van der Waals surface area (Å²) in [5, 5.41) is 0.859. The zero-order valence-electron chi connectivity index (χ0n) is 7.68. The first kappa shape index (κ1) is 8.85. The number of hydrogen-bond acceptors (Lipinski definition) is 2. The smallest absolute Gasteiger partial charge is 0.0443 e. The van der Waals surface area contributed by atoms with Crippen LogP contribution in [-0.4, -0.2) is 18.5 Å². The van der Waals surface area contributed by atoms with Crippen LogP contribution in [0.3, 0.4) is 0 Å². The lowest BCUT2D eigenvalue weighted by atomic mass is 9.98. The molecule has 1 aliphatic rings. The lowest BCUT2D eigenvalue weighted by Crippen LogP contribution is -2.27. The zero-order valence-corrected chi connectivity index (χ0v) is 8.43. The Labute approximate surface area is 83.3 Å². The first-order valence-corrected chi connectivity index (χ1v) is 4.80. The Balaban J connectivity index is 2.51. The molecule has 0 aliphatic carbocycles. The molecule has 0 bridgehead atoms. The van der Waals surface area contributed by atoms with Crippen molar-refractivity contribution in [3.63, 3.8) is 0 Å². The summed E-state index contributed by atoms with van der Waals surface area (Å²) >= 11 is 6.09. The molecule has 2 rings (SSSR count). The van der Waals surface area contributed by atoms with Crippen molar-refractivity contribution in [2.75, 3.05) is 19.3 Å². The van der Waals surface area contributed by atoms with Crippen LogP contribution in [0.15, 0.2) is 12.1 Å².